The second-order valence-electron chi connectivity index (χ2n) is 16.4. The Morgan fingerprint density at radius 3 is 1.97 bits per heavy atom. The zero-order valence-electron chi connectivity index (χ0n) is 36.1. The first-order chi connectivity index (χ1) is 30.6. The Morgan fingerprint density at radius 1 is 0.859 bits per heavy atom. The van der Waals surface area contributed by atoms with Crippen LogP contribution >= 0.6 is 34.7 Å². The van der Waals surface area contributed by atoms with Gasteiger partial charge in [-0.1, -0.05) is 108 Å². The zero-order valence-corrected chi connectivity index (χ0v) is 38.5. The van der Waals surface area contributed by atoms with Crippen LogP contribution < -0.4 is 15.4 Å². The number of hydrogen-bond donors (Lipinski definition) is 2. The minimum Gasteiger partial charge on any atom is -0.497 e. The molecule has 1 aromatic heterocycles. The van der Waals surface area contributed by atoms with Crippen molar-refractivity contribution in [3.8, 4) is 5.75 Å². The molecule has 0 unspecified atom stereocenters. The molecular formula is C48H48ClN5O8S2. The molecule has 5 aromatic rings. The van der Waals surface area contributed by atoms with Gasteiger partial charge in [0.25, 0.3) is 11.8 Å². The molecule has 4 aromatic carbocycles. The second-order valence-corrected chi connectivity index (χ2v) is 18.7. The van der Waals surface area contributed by atoms with Crippen molar-refractivity contribution in [1.29, 1.82) is 0 Å². The van der Waals surface area contributed by atoms with E-state index in [9.17, 15) is 19.2 Å². The summed E-state index contributed by atoms with van der Waals surface area (Å²) < 4.78 is 16.4. The van der Waals surface area contributed by atoms with Gasteiger partial charge in [-0.2, -0.15) is 0 Å². The van der Waals surface area contributed by atoms with Crippen LogP contribution in [0.5, 0.6) is 5.75 Å². The molecule has 1 saturated heterocycles. The monoisotopic (exact) mass is 921 g/mol. The first-order valence-corrected chi connectivity index (χ1v) is 22.9. The van der Waals surface area contributed by atoms with Gasteiger partial charge >= 0.3 is 11.9 Å². The Hall–Kier alpha value is -6.16. The Kier molecular flexibility index (Phi) is 13.8. The molecule has 0 bridgehead atoms. The quantitative estimate of drug-likeness (QED) is 0.0247. The second kappa shape index (κ2) is 19.3. The summed E-state index contributed by atoms with van der Waals surface area (Å²) >= 11 is 8.87. The summed E-state index contributed by atoms with van der Waals surface area (Å²) in [5, 5.41) is 12.2. The Morgan fingerprint density at radius 2 is 1.44 bits per heavy atom. The fourth-order valence-electron chi connectivity index (χ4n) is 7.11. The highest BCUT2D eigenvalue weighted by molar-refractivity contribution is 8.00. The summed E-state index contributed by atoms with van der Waals surface area (Å²) in [6.45, 7) is 8.09. The number of methoxy groups -OCH3 is 1. The molecule has 2 atom stereocenters. The van der Waals surface area contributed by atoms with E-state index < -0.39 is 51.9 Å². The Labute approximate surface area is 385 Å². The molecule has 64 heavy (non-hydrogen) atoms. The molecule has 3 heterocycles. The highest BCUT2D eigenvalue weighted by Crippen LogP contribution is 2.42. The van der Waals surface area contributed by atoms with Crippen LogP contribution in [0.4, 0.5) is 5.13 Å². The number of oxime groups is 1. The molecule has 2 amide bonds. The van der Waals surface area contributed by atoms with E-state index in [2.05, 4.69) is 15.8 Å². The third kappa shape index (κ3) is 9.81. The van der Waals surface area contributed by atoms with Gasteiger partial charge in [0.15, 0.2) is 10.8 Å². The average molecular weight is 923 g/mol. The molecule has 0 spiro atoms. The summed E-state index contributed by atoms with van der Waals surface area (Å²) in [7, 11) is 1.56. The minimum atomic E-state index is -1.63. The van der Waals surface area contributed by atoms with E-state index in [4.69, 9.17) is 35.6 Å². The van der Waals surface area contributed by atoms with Crippen LogP contribution in [0, 0.1) is 0 Å². The van der Waals surface area contributed by atoms with Crippen molar-refractivity contribution in [3.05, 3.63) is 160 Å². The number of carbonyl (C=O) groups is 4. The van der Waals surface area contributed by atoms with E-state index in [1.807, 2.05) is 91.0 Å². The fourth-order valence-corrected chi connectivity index (χ4v) is 9.54. The third-order valence-corrected chi connectivity index (χ3v) is 12.8. The van der Waals surface area contributed by atoms with Crippen LogP contribution in [0.15, 0.2) is 137 Å². The zero-order chi connectivity index (χ0) is 45.6. The van der Waals surface area contributed by atoms with Crippen LogP contribution in [0.2, 0.25) is 0 Å². The number of carbonyl (C=O) groups excluding carboxylic acids is 4. The smallest absolute Gasteiger partial charge is 0.355 e. The lowest BCUT2D eigenvalue weighted by atomic mass is 9.77. The number of thiazole rings is 1. The van der Waals surface area contributed by atoms with Crippen molar-refractivity contribution in [2.24, 2.45) is 5.16 Å². The number of ether oxygens (including phenoxy) is 3. The number of aromatic nitrogens is 1. The number of amides is 2. The lowest BCUT2D eigenvalue weighted by Gasteiger charge is -2.49. The number of thioether (sulfide) groups is 1. The van der Waals surface area contributed by atoms with Crippen LogP contribution in [0.25, 0.3) is 0 Å². The Balaban J connectivity index is 1.19. The number of anilines is 1. The number of halogens is 1. The van der Waals surface area contributed by atoms with Gasteiger partial charge in [0.05, 0.1) is 7.11 Å². The molecule has 0 radical (unpaired) electrons. The van der Waals surface area contributed by atoms with Crippen LogP contribution in [-0.2, 0) is 45.6 Å². The van der Waals surface area contributed by atoms with Crippen LogP contribution in [0.3, 0.4) is 0 Å². The predicted octanol–water partition coefficient (Wildman–Crippen LogP) is 8.03. The van der Waals surface area contributed by atoms with Gasteiger partial charge in [0.1, 0.15) is 46.3 Å². The van der Waals surface area contributed by atoms with Gasteiger partial charge in [-0.25, -0.2) is 14.6 Å². The molecule has 16 heteroatoms. The van der Waals surface area contributed by atoms with E-state index in [1.54, 1.807) is 57.5 Å². The number of benzene rings is 4. The summed E-state index contributed by atoms with van der Waals surface area (Å²) in [5.74, 6) is -1.80. The summed E-state index contributed by atoms with van der Waals surface area (Å²) in [5.41, 5.74) is 0.529. The fraction of sp³-hybridized carbons (Fsp3) is 0.292. The minimum absolute atomic E-state index is 0.00459. The number of nitrogens with zero attached hydrogens (tertiary/aromatic N) is 3. The van der Waals surface area contributed by atoms with E-state index in [0.29, 0.717) is 22.2 Å². The maximum absolute atomic E-state index is 14.5. The van der Waals surface area contributed by atoms with Crippen LogP contribution in [0.1, 0.15) is 62.6 Å². The molecular weight excluding hydrogens is 874 g/mol. The van der Waals surface area contributed by atoms with Gasteiger partial charge in [-0.15, -0.1) is 34.7 Å². The number of fused-ring (bicyclic) bond motifs is 1. The van der Waals surface area contributed by atoms with Gasteiger partial charge in [0.2, 0.25) is 5.60 Å². The maximum Gasteiger partial charge on any atom is 0.355 e. The Bertz CT molecular complexity index is 2450. The SMILES string of the molecule is COc1ccc(COC(=O)C2=C(CCl)CS[C@H]3[C@H](NC(=O)/C(=N\OC(C)(C)C(=O)OC(C)(C)C)c4csc(NC(c5ccccc5)(c5ccccc5)c5ccccc5)n4)C(=O)N23)cc1. The number of rotatable bonds is 16. The number of hydrogen-bond acceptors (Lipinski definition) is 13. The van der Waals surface area contributed by atoms with Gasteiger partial charge in [-0.3, -0.25) is 14.5 Å². The normalized spacial score (nSPS) is 16.6. The standard InChI is InChI=1S/C48H48ClN5O8S2/c1-46(2,3)61-44(58)47(4,5)62-53-37(36-29-64-45(50-36)52-48(32-16-10-7-11-17-32,33-18-12-8-13-19-33)34-20-14-9-15-21-34)40(55)51-38-41(56)54-39(31(26-49)28-63-42(38)54)43(57)60-27-30-22-24-35(59-6)25-23-30/h7-25,29,38,42H,26-28H2,1-6H3,(H,50,52)(H,51,55)/b53-37-/t38-,42+/m1/s1. The number of alkyl halides is 1. The lowest BCUT2D eigenvalue weighted by Crippen LogP contribution is -2.71. The molecule has 13 nitrogen and oxygen atoms in total. The molecule has 0 aliphatic carbocycles. The van der Waals surface area contributed by atoms with E-state index in [1.165, 1.54) is 41.8 Å². The molecule has 2 aliphatic rings. The van der Waals surface area contributed by atoms with E-state index in [0.717, 1.165) is 22.3 Å². The highest BCUT2D eigenvalue weighted by atomic mass is 35.5. The number of esters is 2. The first-order valence-electron chi connectivity index (χ1n) is 20.4. The van der Waals surface area contributed by atoms with Crippen molar-refractivity contribution in [2.45, 2.75) is 69.4 Å². The van der Waals surface area contributed by atoms with Gasteiger partial charge in [-0.05, 0) is 74.6 Å². The van der Waals surface area contributed by atoms with Crippen molar-refractivity contribution < 1.29 is 38.2 Å². The van der Waals surface area contributed by atoms with Crippen molar-refractivity contribution in [3.63, 3.8) is 0 Å². The average Bonchev–Trinajstić information content (AvgIpc) is 3.76. The summed E-state index contributed by atoms with van der Waals surface area (Å²) in [6, 6.07) is 35.9. The topological polar surface area (TPSA) is 158 Å². The van der Waals surface area contributed by atoms with Crippen LogP contribution in [-0.4, -0.2) is 80.7 Å². The van der Waals surface area contributed by atoms with E-state index >= 15 is 0 Å². The molecule has 332 valence electrons. The highest BCUT2D eigenvalue weighted by Gasteiger charge is 2.55. The summed E-state index contributed by atoms with van der Waals surface area (Å²) in [6.07, 6.45) is 0. The molecule has 2 aliphatic heterocycles. The largest absolute Gasteiger partial charge is 0.497 e. The predicted molar refractivity (Wildman–Crippen MR) is 248 cm³/mol. The maximum atomic E-state index is 14.5. The molecule has 1 fully saturated rings. The number of β-lactam (4-membered cyclic amide) rings is 1. The molecule has 2 N–H and O–H groups in total. The molecule has 7 rings (SSSR count). The molecule has 0 saturated carbocycles. The summed E-state index contributed by atoms with van der Waals surface area (Å²) in [4.78, 5) is 67.3. The van der Waals surface area contributed by atoms with Crippen molar-refractivity contribution >= 4 is 69.3 Å². The van der Waals surface area contributed by atoms with Crippen molar-refractivity contribution in [2.75, 3.05) is 24.1 Å². The van der Waals surface area contributed by atoms with Gasteiger partial charge in [0, 0.05) is 17.0 Å². The van der Waals surface area contributed by atoms with Gasteiger partial charge < -0.3 is 29.7 Å². The van der Waals surface area contributed by atoms with E-state index in [-0.39, 0.29) is 29.6 Å². The first kappa shape index (κ1) is 45.9. The third-order valence-electron chi connectivity index (χ3n) is 10.3. The van der Waals surface area contributed by atoms with Crippen molar-refractivity contribution in [1.82, 2.24) is 15.2 Å². The lowest BCUT2D eigenvalue weighted by molar-refractivity contribution is -0.179. The number of nitrogens with one attached hydrogen (secondary N) is 2.